The number of primary amides is 2. The fourth-order valence-corrected chi connectivity index (χ4v) is 9.32. The lowest BCUT2D eigenvalue weighted by molar-refractivity contribution is -0.119. The first kappa shape index (κ1) is 58.0. The summed E-state index contributed by atoms with van der Waals surface area (Å²) >= 11 is 0. The van der Waals surface area contributed by atoms with Crippen LogP contribution in [0.3, 0.4) is 0 Å². The number of hydrogen-bond donors (Lipinski definition) is 9. The number of carboxylic acids is 1. The minimum Gasteiger partial charge on any atom is -0.478 e. The number of esters is 1. The quantitative estimate of drug-likeness (QED) is 0.0197. The summed E-state index contributed by atoms with van der Waals surface area (Å²) in [6.45, 7) is 5.99. The van der Waals surface area contributed by atoms with E-state index in [0.29, 0.717) is 29.8 Å². The number of anilines is 2. The number of hydrogen-bond acceptors (Lipinski definition) is 11. The van der Waals surface area contributed by atoms with Crippen molar-refractivity contribution >= 4 is 59.4 Å². The zero-order chi connectivity index (χ0) is 57.3. The van der Waals surface area contributed by atoms with Gasteiger partial charge in [-0.15, -0.1) is 0 Å². The highest BCUT2D eigenvalue weighted by Gasteiger charge is 2.32. The second-order valence-corrected chi connectivity index (χ2v) is 19.9. The lowest BCUT2D eigenvalue weighted by atomic mass is 9.98. The van der Waals surface area contributed by atoms with Crippen LogP contribution in [0.25, 0.3) is 22.3 Å². The van der Waals surface area contributed by atoms with Crippen LogP contribution < -0.4 is 43.4 Å². The molecule has 0 heterocycles. The second kappa shape index (κ2) is 27.0. The Bertz CT molecular complexity index is 3120. The Morgan fingerprint density at radius 2 is 0.838 bits per heavy atom. The van der Waals surface area contributed by atoms with E-state index in [2.05, 4.69) is 44.0 Å². The molecule has 2 aliphatic carbocycles. The normalized spacial score (nSPS) is 12.7. The Hall–Kier alpha value is -9.72. The van der Waals surface area contributed by atoms with Gasteiger partial charge in [-0.1, -0.05) is 97.1 Å². The summed E-state index contributed by atoms with van der Waals surface area (Å²) in [5.41, 5.74) is 19.5. The van der Waals surface area contributed by atoms with E-state index in [-0.39, 0.29) is 56.5 Å². The summed E-state index contributed by atoms with van der Waals surface area (Å²) in [7, 11) is 0. The van der Waals surface area contributed by atoms with E-state index in [0.717, 1.165) is 44.5 Å². The van der Waals surface area contributed by atoms with Gasteiger partial charge in [0, 0.05) is 36.3 Å². The number of carboxylic acid groups (broad SMARTS) is 1. The number of nitrogens with one attached hydrogen (secondary N) is 6. The number of nitrogens with two attached hydrogens (primary N) is 2. The molecule has 2 atom stereocenters. The van der Waals surface area contributed by atoms with Crippen molar-refractivity contribution < 1.29 is 57.7 Å². The lowest BCUT2D eigenvalue weighted by Gasteiger charge is -2.20. The van der Waals surface area contributed by atoms with Gasteiger partial charge in [-0.2, -0.15) is 0 Å². The molecule has 0 saturated carbocycles. The van der Waals surface area contributed by atoms with Crippen molar-refractivity contribution in [2.24, 2.45) is 11.5 Å². The van der Waals surface area contributed by atoms with Gasteiger partial charge >= 0.3 is 36.2 Å². The van der Waals surface area contributed by atoms with Crippen LogP contribution in [-0.4, -0.2) is 97.1 Å². The number of rotatable bonds is 20. The molecule has 0 saturated heterocycles. The first-order valence-corrected chi connectivity index (χ1v) is 25.9. The number of alkyl carbamates (subject to hydrolysis) is 2. The zero-order valence-corrected chi connectivity index (χ0v) is 44.4. The summed E-state index contributed by atoms with van der Waals surface area (Å²) in [6.07, 6.45) is -0.336. The Morgan fingerprint density at radius 1 is 0.500 bits per heavy atom. The number of aromatic carboxylic acids is 1. The van der Waals surface area contributed by atoms with Gasteiger partial charge < -0.3 is 62.7 Å². The van der Waals surface area contributed by atoms with Crippen molar-refractivity contribution in [3.05, 3.63) is 179 Å². The van der Waals surface area contributed by atoms with Gasteiger partial charge in [-0.3, -0.25) is 9.59 Å². The molecule has 20 heteroatoms. The van der Waals surface area contributed by atoms with Gasteiger partial charge in [0.15, 0.2) is 0 Å². The third-order valence-corrected chi connectivity index (χ3v) is 13.0. The Balaban J connectivity index is 0.000000232. The predicted octanol–water partition coefficient (Wildman–Crippen LogP) is 8.62. The second-order valence-electron chi connectivity index (χ2n) is 19.9. The Labute approximate surface area is 462 Å². The standard InChI is InChI=1S/C32H36N4O6.C28H28N4O6/c1-32(2,3)42-29(38)20-14-16-21(17-15-20)35-28(37)27(13-8-18-34-30(33)39)36-31(40)41-19-26-24-11-6-4-9-22(24)23-10-5-7-12-25(23)26;29-27(36)30-15-5-10-24(25(33)31-18-13-11-17(12-14-18)26(34)35)32-28(37)38-16-23-21-8-3-1-6-19(21)20-7-2-4-9-22(20)23/h4-7,9-12,14-17,26-27H,8,13,18-19H2,1-3H3,(H,35,37)(H,36,40)(H3,33,34,39);1-4,6-9,11-14,23-24H,5,10,15-16H2,(H,31,33)(H,32,37)(H,34,35)(H3,29,30,36)/t27-;24-/m00/s1. The largest absolute Gasteiger partial charge is 0.478 e. The monoisotopic (exact) mass is 1090 g/mol. The molecule has 20 nitrogen and oxygen atoms in total. The van der Waals surface area contributed by atoms with E-state index >= 15 is 0 Å². The molecule has 0 spiro atoms. The maximum atomic E-state index is 13.2. The number of ether oxygens (including phenoxy) is 3. The Kier molecular flexibility index (Phi) is 19.6. The molecule has 80 heavy (non-hydrogen) atoms. The van der Waals surface area contributed by atoms with Crippen LogP contribution in [0.2, 0.25) is 0 Å². The highest BCUT2D eigenvalue weighted by molar-refractivity contribution is 5.98. The van der Waals surface area contributed by atoms with Gasteiger partial charge in [0.2, 0.25) is 11.8 Å². The minimum atomic E-state index is -1.08. The van der Waals surface area contributed by atoms with Crippen molar-refractivity contribution in [2.45, 2.75) is 76.0 Å². The molecular weight excluding hydrogens is 1020 g/mol. The third-order valence-electron chi connectivity index (χ3n) is 13.0. The maximum absolute atomic E-state index is 13.2. The fourth-order valence-electron chi connectivity index (χ4n) is 9.32. The molecule has 416 valence electrons. The molecule has 0 fully saturated rings. The number of benzene rings is 6. The molecular formula is C60H64N8O12. The van der Waals surface area contributed by atoms with Crippen LogP contribution in [-0.2, 0) is 23.8 Å². The zero-order valence-electron chi connectivity index (χ0n) is 44.4. The first-order valence-electron chi connectivity index (χ1n) is 25.9. The van der Waals surface area contributed by atoms with Gasteiger partial charge in [0.05, 0.1) is 11.1 Å². The number of carbonyl (C=O) groups excluding carboxylic acids is 7. The predicted molar refractivity (Wildman–Crippen MR) is 300 cm³/mol. The molecule has 6 aromatic carbocycles. The van der Waals surface area contributed by atoms with E-state index < -0.39 is 65.7 Å². The van der Waals surface area contributed by atoms with Crippen molar-refractivity contribution in [1.82, 2.24) is 21.3 Å². The molecule has 11 N–H and O–H groups in total. The van der Waals surface area contributed by atoms with Crippen LogP contribution >= 0.6 is 0 Å². The molecule has 8 rings (SSSR count). The van der Waals surface area contributed by atoms with Gasteiger partial charge in [0.1, 0.15) is 30.9 Å². The molecule has 0 aliphatic heterocycles. The third kappa shape index (κ3) is 15.9. The highest BCUT2D eigenvalue weighted by atomic mass is 16.6. The first-order chi connectivity index (χ1) is 38.3. The van der Waals surface area contributed by atoms with Gasteiger partial charge in [-0.25, -0.2) is 28.8 Å². The summed E-state index contributed by atoms with van der Waals surface area (Å²) in [5, 5.41) is 24.7. The van der Waals surface area contributed by atoms with Gasteiger partial charge in [0.25, 0.3) is 0 Å². The SMILES string of the molecule is CC(C)(C)OC(=O)c1ccc(NC(=O)[C@H](CCCNC(N)=O)NC(=O)OCC2c3ccccc3-c3ccccc32)cc1.NC(=O)NCCC[C@H](NC(=O)OCC1c2ccccc2-c2ccccc21)C(=O)Nc1ccc(C(=O)O)cc1. The van der Waals surface area contributed by atoms with Crippen LogP contribution in [0.4, 0.5) is 30.6 Å². The molecule has 6 aromatic rings. The summed E-state index contributed by atoms with van der Waals surface area (Å²) in [5.74, 6) is -2.81. The molecule has 0 radical (unpaired) electrons. The minimum absolute atomic E-state index is 0.0776. The van der Waals surface area contributed by atoms with Crippen LogP contribution in [0.5, 0.6) is 0 Å². The number of amides is 8. The molecule has 0 aromatic heterocycles. The average Bonchev–Trinajstić information content (AvgIpc) is 4.00. The van der Waals surface area contributed by atoms with E-state index in [9.17, 15) is 38.4 Å². The number of carbonyl (C=O) groups is 8. The van der Waals surface area contributed by atoms with E-state index in [1.165, 1.54) is 24.3 Å². The smallest absolute Gasteiger partial charge is 0.407 e. The van der Waals surface area contributed by atoms with Crippen molar-refractivity contribution in [1.29, 1.82) is 0 Å². The van der Waals surface area contributed by atoms with E-state index in [4.69, 9.17) is 30.8 Å². The number of urea groups is 2. The van der Waals surface area contributed by atoms with Crippen molar-refractivity contribution in [2.75, 3.05) is 36.9 Å². The van der Waals surface area contributed by atoms with Crippen molar-refractivity contribution in [3.63, 3.8) is 0 Å². The topological polar surface area (TPSA) is 309 Å². The number of fused-ring (bicyclic) bond motifs is 6. The van der Waals surface area contributed by atoms with E-state index in [1.807, 2.05) is 84.9 Å². The summed E-state index contributed by atoms with van der Waals surface area (Å²) < 4.78 is 16.6. The average molecular weight is 1090 g/mol. The highest BCUT2D eigenvalue weighted by Crippen LogP contribution is 2.45. The molecule has 2 aliphatic rings. The summed E-state index contributed by atoms with van der Waals surface area (Å²) in [6, 6.07) is 40.6. The van der Waals surface area contributed by atoms with Crippen LogP contribution in [0.15, 0.2) is 146 Å². The van der Waals surface area contributed by atoms with Gasteiger partial charge in [-0.05, 0) is 139 Å². The molecule has 0 bridgehead atoms. The molecule has 0 unspecified atom stereocenters. The summed E-state index contributed by atoms with van der Waals surface area (Å²) in [4.78, 5) is 97.2. The lowest BCUT2D eigenvalue weighted by Crippen LogP contribution is -2.44. The van der Waals surface area contributed by atoms with Crippen LogP contribution in [0.1, 0.15) is 101 Å². The van der Waals surface area contributed by atoms with Crippen molar-refractivity contribution in [3.8, 4) is 22.3 Å². The van der Waals surface area contributed by atoms with E-state index in [1.54, 1.807) is 45.0 Å². The molecule has 8 amide bonds. The fraction of sp³-hybridized carbons (Fsp3) is 0.267. The maximum Gasteiger partial charge on any atom is 0.407 e. The van der Waals surface area contributed by atoms with Crippen LogP contribution in [0, 0.1) is 0 Å². The Morgan fingerprint density at radius 3 is 1.16 bits per heavy atom.